The highest BCUT2D eigenvalue weighted by molar-refractivity contribution is 7.24. The van der Waals surface area contributed by atoms with E-state index in [1.165, 1.54) is 20.2 Å². The van der Waals surface area contributed by atoms with Crippen LogP contribution in [0.25, 0.3) is 31.3 Å². The first-order valence-corrected chi connectivity index (χ1v) is 8.60. The number of methoxy groups -OCH3 is 2. The van der Waals surface area contributed by atoms with Gasteiger partial charge in [0.25, 0.3) is 0 Å². The van der Waals surface area contributed by atoms with Crippen LogP contribution in [0, 0.1) is 0 Å². The normalized spacial score (nSPS) is 10.9. The molecule has 0 unspecified atom stereocenters. The molecule has 0 bridgehead atoms. The second-order valence-corrected chi connectivity index (χ2v) is 6.59. The van der Waals surface area contributed by atoms with Crippen molar-refractivity contribution in [1.82, 2.24) is 0 Å². The minimum absolute atomic E-state index is 0.820. The molecule has 3 heteroatoms. The van der Waals surface area contributed by atoms with E-state index < -0.39 is 0 Å². The summed E-state index contributed by atoms with van der Waals surface area (Å²) in [5, 5.41) is 2.42. The quantitative estimate of drug-likeness (QED) is 0.337. The van der Waals surface area contributed by atoms with Gasteiger partial charge in [0.1, 0.15) is 11.5 Å². The van der Waals surface area contributed by atoms with Gasteiger partial charge in [-0.3, -0.25) is 0 Å². The SMILES string of the molecule is COc1cccc(OC)c1-c1c2ccccc2[s+]c2ccccc12. The molecule has 0 N–H and O–H groups in total. The third-order valence-corrected chi connectivity index (χ3v) is 5.36. The van der Waals surface area contributed by atoms with Crippen molar-refractivity contribution in [2.24, 2.45) is 0 Å². The van der Waals surface area contributed by atoms with E-state index in [2.05, 4.69) is 48.5 Å². The van der Waals surface area contributed by atoms with Crippen LogP contribution in [-0.4, -0.2) is 14.2 Å². The second kappa shape index (κ2) is 6.10. The molecule has 3 aromatic carbocycles. The van der Waals surface area contributed by atoms with Gasteiger partial charge in [0.15, 0.2) is 0 Å². The van der Waals surface area contributed by atoms with Crippen LogP contribution >= 0.6 is 11.3 Å². The molecule has 0 atom stereocenters. The first kappa shape index (κ1) is 14.9. The van der Waals surface area contributed by atoms with E-state index in [9.17, 15) is 0 Å². The second-order valence-electron chi connectivity index (χ2n) is 5.51. The molecular weight excluding hydrogens is 316 g/mol. The van der Waals surface area contributed by atoms with Gasteiger partial charge in [-0.15, -0.1) is 0 Å². The van der Waals surface area contributed by atoms with Gasteiger partial charge in [-0.25, -0.2) is 0 Å². The fraction of sp³-hybridized carbons (Fsp3) is 0.0952. The molecule has 0 aliphatic heterocycles. The van der Waals surface area contributed by atoms with Crippen molar-refractivity contribution in [2.45, 2.75) is 0 Å². The Morgan fingerprint density at radius 3 is 1.58 bits per heavy atom. The van der Waals surface area contributed by atoms with E-state index in [1.54, 1.807) is 25.6 Å². The van der Waals surface area contributed by atoms with Crippen LogP contribution < -0.4 is 9.47 Å². The molecule has 4 aromatic rings. The van der Waals surface area contributed by atoms with Gasteiger partial charge in [-0.05, 0) is 24.3 Å². The first-order chi connectivity index (χ1) is 11.8. The van der Waals surface area contributed by atoms with E-state index in [1.807, 2.05) is 18.2 Å². The topological polar surface area (TPSA) is 18.5 Å². The first-order valence-electron chi connectivity index (χ1n) is 7.78. The molecule has 0 saturated heterocycles. The smallest absolute Gasteiger partial charge is 0.239 e. The lowest BCUT2D eigenvalue weighted by Gasteiger charge is -2.15. The van der Waals surface area contributed by atoms with Crippen LogP contribution in [0.3, 0.4) is 0 Å². The summed E-state index contributed by atoms with van der Waals surface area (Å²) in [5.74, 6) is 1.64. The zero-order valence-electron chi connectivity index (χ0n) is 13.6. The molecule has 24 heavy (non-hydrogen) atoms. The summed E-state index contributed by atoms with van der Waals surface area (Å²) >= 11 is 1.81. The Morgan fingerprint density at radius 1 is 0.583 bits per heavy atom. The van der Waals surface area contributed by atoms with Gasteiger partial charge >= 0.3 is 0 Å². The summed E-state index contributed by atoms with van der Waals surface area (Å²) in [4.78, 5) is 0. The predicted octanol–water partition coefficient (Wildman–Crippen LogP) is 6.02. The largest absolute Gasteiger partial charge is 0.496 e. The van der Waals surface area contributed by atoms with Crippen LogP contribution in [0.1, 0.15) is 0 Å². The molecule has 0 aliphatic rings. The van der Waals surface area contributed by atoms with Gasteiger partial charge < -0.3 is 9.47 Å². The molecule has 0 spiro atoms. The summed E-state index contributed by atoms with van der Waals surface area (Å²) in [5.41, 5.74) is 2.16. The van der Waals surface area contributed by atoms with Crippen LogP contribution in [0.15, 0.2) is 66.7 Å². The Morgan fingerprint density at radius 2 is 1.08 bits per heavy atom. The third kappa shape index (κ3) is 2.29. The van der Waals surface area contributed by atoms with E-state index in [0.717, 1.165) is 22.6 Å². The molecule has 1 aromatic heterocycles. The standard InChI is InChI=1S/C21H17O2S/c1-22-16-10-7-11-17(23-2)21(16)20-14-8-3-5-12-18(14)24-19-13-6-4-9-15(19)20/h3-13H,1-2H3/q+1. The summed E-state index contributed by atoms with van der Waals surface area (Å²) in [7, 11) is 3.41. The summed E-state index contributed by atoms with van der Waals surface area (Å²) < 4.78 is 13.8. The molecule has 0 amide bonds. The van der Waals surface area contributed by atoms with E-state index in [0.29, 0.717) is 0 Å². The molecule has 0 aliphatic carbocycles. The molecule has 2 nitrogen and oxygen atoms in total. The lowest BCUT2D eigenvalue weighted by molar-refractivity contribution is 0.397. The van der Waals surface area contributed by atoms with Crippen LogP contribution in [0.2, 0.25) is 0 Å². The van der Waals surface area contributed by atoms with E-state index in [-0.39, 0.29) is 0 Å². The molecule has 4 rings (SSSR count). The van der Waals surface area contributed by atoms with Crippen LogP contribution in [-0.2, 0) is 0 Å². The molecule has 0 radical (unpaired) electrons. The van der Waals surface area contributed by atoms with Crippen molar-refractivity contribution < 1.29 is 9.47 Å². The zero-order valence-corrected chi connectivity index (χ0v) is 14.4. The fourth-order valence-electron chi connectivity index (χ4n) is 3.15. The maximum absolute atomic E-state index is 5.66. The summed E-state index contributed by atoms with van der Waals surface area (Å²) in [6.45, 7) is 0. The van der Waals surface area contributed by atoms with Crippen molar-refractivity contribution in [1.29, 1.82) is 0 Å². The maximum atomic E-state index is 5.66. The minimum atomic E-state index is 0.820. The van der Waals surface area contributed by atoms with Crippen molar-refractivity contribution in [3.63, 3.8) is 0 Å². The van der Waals surface area contributed by atoms with Crippen molar-refractivity contribution in [2.75, 3.05) is 14.2 Å². The van der Waals surface area contributed by atoms with Crippen molar-refractivity contribution >= 4 is 31.5 Å². The predicted molar refractivity (Wildman–Crippen MR) is 102 cm³/mol. The minimum Gasteiger partial charge on any atom is -0.496 e. The Balaban J connectivity index is 2.24. The Labute approximate surface area is 144 Å². The van der Waals surface area contributed by atoms with Gasteiger partial charge in [-0.2, -0.15) is 0 Å². The summed E-state index contributed by atoms with van der Waals surface area (Å²) in [6.07, 6.45) is 0. The van der Waals surface area contributed by atoms with Gasteiger partial charge in [0.05, 0.1) is 19.8 Å². The van der Waals surface area contributed by atoms with Crippen molar-refractivity contribution in [3.05, 3.63) is 66.7 Å². The highest BCUT2D eigenvalue weighted by Crippen LogP contribution is 2.46. The highest BCUT2D eigenvalue weighted by atomic mass is 32.1. The molecular formula is C21H17O2S+. The lowest BCUT2D eigenvalue weighted by atomic mass is 9.96. The summed E-state index contributed by atoms with van der Waals surface area (Å²) in [6, 6.07) is 22.9. The fourth-order valence-corrected chi connectivity index (χ4v) is 4.25. The number of hydrogen-bond donors (Lipinski definition) is 0. The Bertz CT molecular complexity index is 964. The number of ether oxygens (including phenoxy) is 2. The lowest BCUT2D eigenvalue weighted by Crippen LogP contribution is -1.94. The number of hydrogen-bond acceptors (Lipinski definition) is 2. The average Bonchev–Trinajstić information content (AvgIpc) is 2.65. The Hall–Kier alpha value is -2.65. The monoisotopic (exact) mass is 333 g/mol. The van der Waals surface area contributed by atoms with Gasteiger partial charge in [0, 0.05) is 28.5 Å². The number of rotatable bonds is 3. The molecule has 1 heterocycles. The van der Waals surface area contributed by atoms with E-state index in [4.69, 9.17) is 9.47 Å². The Kier molecular flexibility index (Phi) is 3.79. The van der Waals surface area contributed by atoms with Crippen molar-refractivity contribution in [3.8, 4) is 22.6 Å². The highest BCUT2D eigenvalue weighted by Gasteiger charge is 2.23. The average molecular weight is 333 g/mol. The molecule has 118 valence electrons. The zero-order chi connectivity index (χ0) is 16.5. The van der Waals surface area contributed by atoms with Gasteiger partial charge in [0.2, 0.25) is 20.7 Å². The number of fused-ring (bicyclic) bond motifs is 2. The van der Waals surface area contributed by atoms with Crippen LogP contribution in [0.4, 0.5) is 0 Å². The maximum Gasteiger partial charge on any atom is 0.239 e. The number of benzene rings is 3. The molecule has 0 fully saturated rings. The molecule has 0 saturated carbocycles. The third-order valence-electron chi connectivity index (χ3n) is 4.21. The van der Waals surface area contributed by atoms with Crippen LogP contribution in [0.5, 0.6) is 11.5 Å². The van der Waals surface area contributed by atoms with E-state index >= 15 is 0 Å². The van der Waals surface area contributed by atoms with Gasteiger partial charge in [-0.1, -0.05) is 30.3 Å².